The fourth-order valence-electron chi connectivity index (χ4n) is 2.28. The standard InChI is InChI=1S/C18H16ClN3O2S/c1-18(2,17(24)20-13-7-5-12(19)6-8-13)22-16(23)10-9-14(21-22)15-4-3-11-25-15/h3-11H,1-2H3,(H,20,24). The van der Waals surface area contributed by atoms with Crippen molar-refractivity contribution in [3.05, 3.63) is 69.3 Å². The zero-order chi connectivity index (χ0) is 18.0. The number of anilines is 1. The second-order valence-electron chi connectivity index (χ2n) is 5.97. The van der Waals surface area contributed by atoms with Gasteiger partial charge in [-0.2, -0.15) is 5.10 Å². The van der Waals surface area contributed by atoms with Gasteiger partial charge in [0, 0.05) is 16.8 Å². The summed E-state index contributed by atoms with van der Waals surface area (Å²) in [6.07, 6.45) is 0. The molecule has 3 aromatic rings. The van der Waals surface area contributed by atoms with E-state index in [1.54, 1.807) is 44.2 Å². The first-order chi connectivity index (χ1) is 11.9. The summed E-state index contributed by atoms with van der Waals surface area (Å²) < 4.78 is 1.22. The molecule has 25 heavy (non-hydrogen) atoms. The molecule has 0 radical (unpaired) electrons. The first kappa shape index (κ1) is 17.4. The largest absolute Gasteiger partial charge is 0.324 e. The molecule has 0 aliphatic heterocycles. The number of hydrogen-bond acceptors (Lipinski definition) is 4. The van der Waals surface area contributed by atoms with Gasteiger partial charge in [-0.1, -0.05) is 17.7 Å². The summed E-state index contributed by atoms with van der Waals surface area (Å²) in [6, 6.07) is 13.7. The van der Waals surface area contributed by atoms with Gasteiger partial charge in [-0.05, 0) is 55.6 Å². The van der Waals surface area contributed by atoms with Crippen molar-refractivity contribution in [2.75, 3.05) is 5.32 Å². The van der Waals surface area contributed by atoms with Crippen molar-refractivity contribution < 1.29 is 4.79 Å². The molecule has 3 rings (SSSR count). The molecule has 0 saturated carbocycles. The van der Waals surface area contributed by atoms with Crippen LogP contribution in [0.4, 0.5) is 5.69 Å². The molecule has 0 bridgehead atoms. The average molecular weight is 374 g/mol. The summed E-state index contributed by atoms with van der Waals surface area (Å²) in [7, 11) is 0. The Morgan fingerprint density at radius 1 is 1.16 bits per heavy atom. The van der Waals surface area contributed by atoms with Gasteiger partial charge in [0.15, 0.2) is 0 Å². The SMILES string of the molecule is CC(C)(C(=O)Nc1ccc(Cl)cc1)n1nc(-c2cccs2)ccc1=O. The highest BCUT2D eigenvalue weighted by Crippen LogP contribution is 2.23. The Kier molecular flexibility index (Phi) is 4.74. The Morgan fingerprint density at radius 3 is 2.52 bits per heavy atom. The number of nitrogens with zero attached hydrogens (tertiary/aromatic N) is 2. The second-order valence-corrected chi connectivity index (χ2v) is 7.35. The van der Waals surface area contributed by atoms with Crippen LogP contribution in [0.1, 0.15) is 13.8 Å². The third-order valence-corrected chi connectivity index (χ3v) is 4.91. The van der Waals surface area contributed by atoms with E-state index in [1.807, 2.05) is 17.5 Å². The van der Waals surface area contributed by atoms with Crippen LogP contribution in [0.25, 0.3) is 10.6 Å². The van der Waals surface area contributed by atoms with Crippen LogP contribution in [0.3, 0.4) is 0 Å². The molecule has 2 heterocycles. The highest BCUT2D eigenvalue weighted by atomic mass is 35.5. The molecule has 1 N–H and O–H groups in total. The van der Waals surface area contributed by atoms with Gasteiger partial charge in [-0.15, -0.1) is 11.3 Å². The normalized spacial score (nSPS) is 11.3. The van der Waals surface area contributed by atoms with Gasteiger partial charge < -0.3 is 5.32 Å². The molecule has 0 spiro atoms. The average Bonchev–Trinajstić information content (AvgIpc) is 3.11. The van der Waals surface area contributed by atoms with Crippen molar-refractivity contribution in [2.45, 2.75) is 19.4 Å². The fraction of sp³-hybridized carbons (Fsp3) is 0.167. The van der Waals surface area contributed by atoms with Crippen molar-refractivity contribution in [3.8, 4) is 10.6 Å². The molecule has 2 aromatic heterocycles. The van der Waals surface area contributed by atoms with E-state index in [9.17, 15) is 9.59 Å². The topological polar surface area (TPSA) is 64.0 Å². The number of thiophene rings is 1. The number of nitrogens with one attached hydrogen (secondary N) is 1. The van der Waals surface area contributed by atoms with Crippen molar-refractivity contribution in [1.82, 2.24) is 9.78 Å². The van der Waals surface area contributed by atoms with Crippen LogP contribution in [-0.2, 0) is 10.3 Å². The lowest BCUT2D eigenvalue weighted by molar-refractivity contribution is -0.123. The Bertz CT molecular complexity index is 947. The molecule has 0 fully saturated rings. The quantitative estimate of drug-likeness (QED) is 0.751. The minimum atomic E-state index is -1.16. The maximum Gasteiger partial charge on any atom is 0.267 e. The Balaban J connectivity index is 1.93. The molecule has 128 valence electrons. The van der Waals surface area contributed by atoms with E-state index in [0.717, 1.165) is 4.88 Å². The fourth-order valence-corrected chi connectivity index (χ4v) is 3.10. The van der Waals surface area contributed by atoms with Gasteiger partial charge in [-0.25, -0.2) is 4.68 Å². The third kappa shape index (κ3) is 3.65. The van der Waals surface area contributed by atoms with Crippen molar-refractivity contribution in [3.63, 3.8) is 0 Å². The minimum absolute atomic E-state index is 0.337. The van der Waals surface area contributed by atoms with E-state index >= 15 is 0 Å². The molecule has 0 aliphatic rings. The monoisotopic (exact) mass is 373 g/mol. The Morgan fingerprint density at radius 2 is 1.88 bits per heavy atom. The van der Waals surface area contributed by atoms with Crippen LogP contribution in [-0.4, -0.2) is 15.7 Å². The number of carbonyl (C=O) groups excluding carboxylic acids is 1. The van der Waals surface area contributed by atoms with Crippen LogP contribution in [0, 0.1) is 0 Å². The minimum Gasteiger partial charge on any atom is -0.324 e. The van der Waals surface area contributed by atoms with E-state index < -0.39 is 5.54 Å². The number of aromatic nitrogens is 2. The lowest BCUT2D eigenvalue weighted by Gasteiger charge is -2.25. The number of carbonyl (C=O) groups is 1. The number of hydrogen-bond donors (Lipinski definition) is 1. The second kappa shape index (κ2) is 6.82. The lowest BCUT2D eigenvalue weighted by Crippen LogP contribution is -2.47. The van der Waals surface area contributed by atoms with Crippen LogP contribution in [0.5, 0.6) is 0 Å². The highest BCUT2D eigenvalue weighted by molar-refractivity contribution is 7.13. The van der Waals surface area contributed by atoms with Crippen molar-refractivity contribution in [2.24, 2.45) is 0 Å². The van der Waals surface area contributed by atoms with Gasteiger partial charge in [0.1, 0.15) is 11.2 Å². The number of amides is 1. The molecule has 0 saturated heterocycles. The van der Waals surface area contributed by atoms with E-state index in [1.165, 1.54) is 22.1 Å². The smallest absolute Gasteiger partial charge is 0.267 e. The summed E-state index contributed by atoms with van der Waals surface area (Å²) in [5.74, 6) is -0.340. The summed E-state index contributed by atoms with van der Waals surface area (Å²) in [5.41, 5.74) is -0.243. The molecule has 0 unspecified atom stereocenters. The highest BCUT2D eigenvalue weighted by Gasteiger charge is 2.32. The summed E-state index contributed by atoms with van der Waals surface area (Å²) in [6.45, 7) is 3.32. The maximum absolute atomic E-state index is 12.7. The van der Waals surface area contributed by atoms with E-state index in [4.69, 9.17) is 11.6 Å². The summed E-state index contributed by atoms with van der Waals surface area (Å²) in [4.78, 5) is 26.0. The molecule has 5 nitrogen and oxygen atoms in total. The molecule has 0 atom stereocenters. The van der Waals surface area contributed by atoms with Gasteiger partial charge in [-0.3, -0.25) is 9.59 Å². The van der Waals surface area contributed by atoms with E-state index in [0.29, 0.717) is 16.4 Å². The molecular formula is C18H16ClN3O2S. The van der Waals surface area contributed by atoms with Gasteiger partial charge in [0.05, 0.1) is 4.88 Å². The predicted molar refractivity (Wildman–Crippen MR) is 101 cm³/mol. The van der Waals surface area contributed by atoms with E-state index in [2.05, 4.69) is 10.4 Å². The van der Waals surface area contributed by atoms with E-state index in [-0.39, 0.29) is 11.5 Å². The lowest BCUT2D eigenvalue weighted by atomic mass is 10.0. The van der Waals surface area contributed by atoms with Gasteiger partial charge in [0.2, 0.25) is 0 Å². The first-order valence-corrected chi connectivity index (χ1v) is 8.85. The van der Waals surface area contributed by atoms with Crippen molar-refractivity contribution in [1.29, 1.82) is 0 Å². The predicted octanol–water partition coefficient (Wildman–Crippen LogP) is 4.00. The van der Waals surface area contributed by atoms with Crippen LogP contribution < -0.4 is 10.9 Å². The number of halogens is 1. The van der Waals surface area contributed by atoms with Crippen LogP contribution >= 0.6 is 22.9 Å². The zero-order valence-electron chi connectivity index (χ0n) is 13.7. The van der Waals surface area contributed by atoms with Gasteiger partial charge in [0.25, 0.3) is 11.5 Å². The third-order valence-electron chi connectivity index (χ3n) is 3.76. The van der Waals surface area contributed by atoms with Gasteiger partial charge >= 0.3 is 0 Å². The number of rotatable bonds is 4. The molecule has 7 heteroatoms. The molecule has 1 amide bonds. The molecular weight excluding hydrogens is 358 g/mol. The number of benzene rings is 1. The summed E-state index contributed by atoms with van der Waals surface area (Å²) in [5, 5.41) is 9.71. The summed E-state index contributed by atoms with van der Waals surface area (Å²) >= 11 is 7.38. The van der Waals surface area contributed by atoms with Crippen LogP contribution in [0.15, 0.2) is 58.7 Å². The zero-order valence-corrected chi connectivity index (χ0v) is 15.3. The Hall–Kier alpha value is -2.44. The molecule has 1 aromatic carbocycles. The van der Waals surface area contributed by atoms with Crippen LogP contribution in [0.2, 0.25) is 5.02 Å². The maximum atomic E-state index is 12.7. The molecule has 0 aliphatic carbocycles. The first-order valence-electron chi connectivity index (χ1n) is 7.60. The van der Waals surface area contributed by atoms with Crippen molar-refractivity contribution >= 4 is 34.5 Å². The Labute approximate surface area is 153 Å².